The fourth-order valence-electron chi connectivity index (χ4n) is 3.57. The predicted octanol–water partition coefficient (Wildman–Crippen LogP) is 5.99. The van der Waals surface area contributed by atoms with Gasteiger partial charge in [0.2, 0.25) is 0 Å². The Morgan fingerprint density at radius 3 is 2.15 bits per heavy atom. The summed E-state index contributed by atoms with van der Waals surface area (Å²) < 4.78 is 12.7. The molecule has 2 aromatic rings. The van der Waals surface area contributed by atoms with Gasteiger partial charge in [-0.25, -0.2) is 9.36 Å². The minimum Gasteiger partial charge on any atom is -0.449 e. The average molecular weight is 372 g/mol. The number of methoxy groups -OCH3 is 1. The van der Waals surface area contributed by atoms with E-state index in [1.807, 2.05) is 25.1 Å². The van der Waals surface area contributed by atoms with Crippen molar-refractivity contribution in [3.63, 3.8) is 0 Å². The van der Waals surface area contributed by atoms with Gasteiger partial charge < -0.3 is 9.47 Å². The number of unbranched alkanes of at least 4 members (excludes halogenated alkanes) is 2. The standard InChI is InChI=1S/C23H33NO3/c1-5-8-15-19-20(16-9-6-2)22(18-13-11-10-12-14-18)24(21(19)17-26-4)23(25)27-7-3/h10-14H,5-9,15-17H2,1-4H3. The van der Waals surface area contributed by atoms with Crippen molar-refractivity contribution >= 4 is 6.09 Å². The third-order valence-electron chi connectivity index (χ3n) is 4.83. The summed E-state index contributed by atoms with van der Waals surface area (Å²) in [5.74, 6) is 0. The van der Waals surface area contributed by atoms with Crippen molar-refractivity contribution in [3.8, 4) is 11.3 Å². The molecule has 1 aromatic heterocycles. The van der Waals surface area contributed by atoms with E-state index in [9.17, 15) is 4.79 Å². The van der Waals surface area contributed by atoms with Crippen molar-refractivity contribution in [2.24, 2.45) is 0 Å². The first kappa shape index (κ1) is 21.2. The summed E-state index contributed by atoms with van der Waals surface area (Å²) in [5, 5.41) is 0. The number of rotatable bonds is 10. The first-order valence-corrected chi connectivity index (χ1v) is 10.2. The summed E-state index contributed by atoms with van der Waals surface area (Å²) in [6, 6.07) is 10.2. The molecule has 4 heteroatoms. The lowest BCUT2D eigenvalue weighted by atomic mass is 9.96. The van der Waals surface area contributed by atoms with E-state index in [1.165, 1.54) is 11.1 Å². The number of nitrogens with zero attached hydrogens (tertiary/aromatic N) is 1. The second-order valence-corrected chi connectivity index (χ2v) is 6.79. The van der Waals surface area contributed by atoms with Crippen molar-refractivity contribution < 1.29 is 14.3 Å². The van der Waals surface area contributed by atoms with Gasteiger partial charge in [0.15, 0.2) is 0 Å². The van der Waals surface area contributed by atoms with E-state index in [1.54, 1.807) is 11.7 Å². The molecule has 0 bridgehead atoms. The number of benzene rings is 1. The highest BCUT2D eigenvalue weighted by Gasteiger charge is 2.27. The highest BCUT2D eigenvalue weighted by molar-refractivity contribution is 5.83. The lowest BCUT2D eigenvalue weighted by molar-refractivity contribution is 0.146. The number of hydrogen-bond acceptors (Lipinski definition) is 3. The van der Waals surface area contributed by atoms with Crippen LogP contribution in [-0.4, -0.2) is 24.4 Å². The van der Waals surface area contributed by atoms with Gasteiger partial charge in [-0.3, -0.25) is 0 Å². The van der Waals surface area contributed by atoms with E-state index < -0.39 is 0 Å². The van der Waals surface area contributed by atoms with Gasteiger partial charge in [-0.2, -0.15) is 0 Å². The third-order valence-corrected chi connectivity index (χ3v) is 4.83. The van der Waals surface area contributed by atoms with E-state index in [4.69, 9.17) is 9.47 Å². The maximum Gasteiger partial charge on any atom is 0.418 e. The Kier molecular flexibility index (Phi) is 8.59. The third kappa shape index (κ3) is 5.01. The SMILES string of the molecule is CCCCc1c(CCCC)c(-c2ccccc2)n(C(=O)OCC)c1COC. The average Bonchev–Trinajstić information content (AvgIpc) is 2.99. The van der Waals surface area contributed by atoms with Gasteiger partial charge in [0.05, 0.1) is 24.6 Å². The molecular weight excluding hydrogens is 338 g/mol. The summed E-state index contributed by atoms with van der Waals surface area (Å²) >= 11 is 0. The van der Waals surface area contributed by atoms with Crippen LogP contribution in [0.4, 0.5) is 4.79 Å². The maximum absolute atomic E-state index is 12.9. The molecule has 27 heavy (non-hydrogen) atoms. The van der Waals surface area contributed by atoms with E-state index in [0.29, 0.717) is 13.2 Å². The molecule has 0 aliphatic rings. The minimum atomic E-state index is -0.316. The van der Waals surface area contributed by atoms with Gasteiger partial charge >= 0.3 is 6.09 Å². The molecule has 2 rings (SSSR count). The molecule has 148 valence electrons. The second-order valence-electron chi connectivity index (χ2n) is 6.79. The smallest absolute Gasteiger partial charge is 0.418 e. The van der Waals surface area contributed by atoms with E-state index in [-0.39, 0.29) is 6.09 Å². The zero-order valence-electron chi connectivity index (χ0n) is 17.2. The van der Waals surface area contributed by atoms with E-state index >= 15 is 0 Å². The van der Waals surface area contributed by atoms with Crippen LogP contribution >= 0.6 is 0 Å². The van der Waals surface area contributed by atoms with Crippen LogP contribution in [0, 0.1) is 0 Å². The molecule has 0 saturated heterocycles. The lowest BCUT2D eigenvalue weighted by Gasteiger charge is -2.13. The molecule has 0 atom stereocenters. The van der Waals surface area contributed by atoms with Crippen LogP contribution in [0.2, 0.25) is 0 Å². The van der Waals surface area contributed by atoms with Crippen LogP contribution in [0.1, 0.15) is 63.3 Å². The Bertz CT molecular complexity index is 719. The normalized spacial score (nSPS) is 11.0. The van der Waals surface area contributed by atoms with Crippen LogP contribution in [0.3, 0.4) is 0 Å². The zero-order chi connectivity index (χ0) is 19.6. The Hall–Kier alpha value is -2.07. The molecule has 0 saturated carbocycles. The van der Waals surface area contributed by atoms with Crippen LogP contribution in [-0.2, 0) is 28.9 Å². The van der Waals surface area contributed by atoms with Crippen LogP contribution in [0.15, 0.2) is 30.3 Å². The molecule has 0 spiro atoms. The molecule has 0 unspecified atom stereocenters. The van der Waals surface area contributed by atoms with E-state index in [0.717, 1.165) is 55.5 Å². The fourth-order valence-corrected chi connectivity index (χ4v) is 3.57. The van der Waals surface area contributed by atoms with Crippen molar-refractivity contribution in [1.29, 1.82) is 0 Å². The molecule has 1 aromatic carbocycles. The molecule has 4 nitrogen and oxygen atoms in total. The summed E-state index contributed by atoms with van der Waals surface area (Å²) in [7, 11) is 1.68. The molecule has 0 amide bonds. The first-order chi connectivity index (χ1) is 13.2. The lowest BCUT2D eigenvalue weighted by Crippen LogP contribution is -2.18. The molecule has 0 fully saturated rings. The van der Waals surface area contributed by atoms with Crippen molar-refractivity contribution in [3.05, 3.63) is 47.2 Å². The van der Waals surface area contributed by atoms with Crippen molar-refractivity contribution in [2.75, 3.05) is 13.7 Å². The molecule has 0 aliphatic heterocycles. The second kappa shape index (κ2) is 10.9. The van der Waals surface area contributed by atoms with Crippen LogP contribution in [0.5, 0.6) is 0 Å². The highest BCUT2D eigenvalue weighted by atomic mass is 16.5. The summed E-state index contributed by atoms with van der Waals surface area (Å²) in [5.41, 5.74) is 5.50. The number of carbonyl (C=O) groups excluding carboxylic acids is 1. The summed E-state index contributed by atoms with van der Waals surface area (Å²) in [6.45, 7) is 7.00. The molecule has 0 aliphatic carbocycles. The zero-order valence-corrected chi connectivity index (χ0v) is 17.2. The molecular formula is C23H33NO3. The number of carbonyl (C=O) groups is 1. The van der Waals surface area contributed by atoms with Crippen LogP contribution < -0.4 is 0 Å². The van der Waals surface area contributed by atoms with Gasteiger partial charge in [-0.05, 0) is 49.3 Å². The number of aromatic nitrogens is 1. The quantitative estimate of drug-likeness (QED) is 0.515. The summed E-state index contributed by atoms with van der Waals surface area (Å²) in [6.07, 6.45) is 6.03. The number of hydrogen-bond donors (Lipinski definition) is 0. The topological polar surface area (TPSA) is 40.5 Å². The molecule has 0 N–H and O–H groups in total. The van der Waals surface area contributed by atoms with Gasteiger partial charge in [0.1, 0.15) is 0 Å². The highest BCUT2D eigenvalue weighted by Crippen LogP contribution is 2.35. The molecule has 0 radical (unpaired) electrons. The Labute approximate surface area is 163 Å². The maximum atomic E-state index is 12.9. The summed E-state index contributed by atoms with van der Waals surface area (Å²) in [4.78, 5) is 12.9. The monoisotopic (exact) mass is 371 g/mol. The van der Waals surface area contributed by atoms with Gasteiger partial charge in [0.25, 0.3) is 0 Å². The first-order valence-electron chi connectivity index (χ1n) is 10.2. The predicted molar refractivity (Wildman–Crippen MR) is 110 cm³/mol. The Balaban J connectivity index is 2.75. The molecule has 1 heterocycles. The number of ether oxygens (including phenoxy) is 2. The van der Waals surface area contributed by atoms with Crippen LogP contribution in [0.25, 0.3) is 11.3 Å². The minimum absolute atomic E-state index is 0.316. The van der Waals surface area contributed by atoms with Gasteiger partial charge in [0, 0.05) is 7.11 Å². The van der Waals surface area contributed by atoms with Crippen molar-refractivity contribution in [1.82, 2.24) is 4.57 Å². The Morgan fingerprint density at radius 2 is 1.59 bits per heavy atom. The van der Waals surface area contributed by atoms with Gasteiger partial charge in [-0.1, -0.05) is 57.0 Å². The largest absolute Gasteiger partial charge is 0.449 e. The Morgan fingerprint density at radius 1 is 0.963 bits per heavy atom. The van der Waals surface area contributed by atoms with Gasteiger partial charge in [-0.15, -0.1) is 0 Å². The van der Waals surface area contributed by atoms with Crippen molar-refractivity contribution in [2.45, 2.75) is 65.9 Å². The van der Waals surface area contributed by atoms with E-state index in [2.05, 4.69) is 26.0 Å². The fraction of sp³-hybridized carbons (Fsp3) is 0.522.